The van der Waals surface area contributed by atoms with E-state index < -0.39 is 0 Å². The lowest BCUT2D eigenvalue weighted by Crippen LogP contribution is -2.24. The van der Waals surface area contributed by atoms with E-state index in [0.29, 0.717) is 24.4 Å². The first kappa shape index (κ1) is 13.2. The molecule has 3 nitrogen and oxygen atoms in total. The van der Waals surface area contributed by atoms with Crippen LogP contribution in [0.5, 0.6) is 0 Å². The third-order valence-electron chi connectivity index (χ3n) is 3.43. The Hall–Kier alpha value is -1.26. The van der Waals surface area contributed by atoms with Gasteiger partial charge in [0, 0.05) is 25.1 Å². The minimum absolute atomic E-state index is 0.0749. The van der Waals surface area contributed by atoms with Crippen LogP contribution in [0.4, 0.5) is 4.39 Å². The van der Waals surface area contributed by atoms with Crippen LogP contribution >= 0.6 is 0 Å². The van der Waals surface area contributed by atoms with Crippen LogP contribution in [0.15, 0.2) is 24.3 Å². The highest BCUT2D eigenvalue weighted by molar-refractivity contribution is 5.96. The van der Waals surface area contributed by atoms with Gasteiger partial charge in [-0.05, 0) is 43.1 Å². The Bertz CT molecular complexity index is 405. The molecule has 0 bridgehead atoms. The first-order chi connectivity index (χ1) is 8.69. The second kappa shape index (κ2) is 6.07. The number of ketones is 1. The van der Waals surface area contributed by atoms with Crippen molar-refractivity contribution in [3.8, 4) is 0 Å². The van der Waals surface area contributed by atoms with E-state index in [1.54, 1.807) is 0 Å². The number of carbonyl (C=O) groups is 1. The van der Waals surface area contributed by atoms with Gasteiger partial charge in [0.15, 0.2) is 5.78 Å². The lowest BCUT2D eigenvalue weighted by atomic mass is 9.98. The Morgan fingerprint density at radius 3 is 2.78 bits per heavy atom. The Balaban J connectivity index is 1.87. The molecule has 1 saturated heterocycles. The lowest BCUT2D eigenvalue weighted by molar-refractivity contribution is 0.0961. The van der Waals surface area contributed by atoms with Gasteiger partial charge in [0.2, 0.25) is 0 Å². The SMILES string of the molecule is O=C(CC1CCN(CCO)C1)c1ccc(F)cc1. The molecule has 0 aliphatic carbocycles. The highest BCUT2D eigenvalue weighted by Crippen LogP contribution is 2.21. The van der Waals surface area contributed by atoms with Crippen molar-refractivity contribution in [2.75, 3.05) is 26.2 Å². The minimum Gasteiger partial charge on any atom is -0.395 e. The highest BCUT2D eigenvalue weighted by atomic mass is 19.1. The van der Waals surface area contributed by atoms with Crippen LogP contribution in [0.25, 0.3) is 0 Å². The molecule has 1 aromatic carbocycles. The average Bonchev–Trinajstić information content (AvgIpc) is 2.78. The van der Waals surface area contributed by atoms with Gasteiger partial charge in [-0.25, -0.2) is 4.39 Å². The zero-order chi connectivity index (χ0) is 13.0. The van der Waals surface area contributed by atoms with Crippen LogP contribution in [0, 0.1) is 11.7 Å². The summed E-state index contributed by atoms with van der Waals surface area (Å²) in [4.78, 5) is 14.2. The van der Waals surface area contributed by atoms with Crippen LogP contribution in [-0.2, 0) is 0 Å². The largest absolute Gasteiger partial charge is 0.395 e. The molecule has 1 N–H and O–H groups in total. The molecule has 1 aliphatic heterocycles. The number of aliphatic hydroxyl groups excluding tert-OH is 1. The maximum absolute atomic E-state index is 12.7. The van der Waals surface area contributed by atoms with E-state index in [4.69, 9.17) is 5.11 Å². The van der Waals surface area contributed by atoms with Crippen molar-refractivity contribution in [3.05, 3.63) is 35.6 Å². The number of benzene rings is 1. The Kier molecular flexibility index (Phi) is 4.44. The second-order valence-corrected chi connectivity index (χ2v) is 4.81. The van der Waals surface area contributed by atoms with Gasteiger partial charge >= 0.3 is 0 Å². The first-order valence-corrected chi connectivity index (χ1v) is 6.31. The fourth-order valence-electron chi connectivity index (χ4n) is 2.44. The van der Waals surface area contributed by atoms with E-state index in [1.165, 1.54) is 24.3 Å². The fourth-order valence-corrected chi connectivity index (χ4v) is 2.44. The van der Waals surface area contributed by atoms with Gasteiger partial charge in [-0.3, -0.25) is 4.79 Å². The second-order valence-electron chi connectivity index (χ2n) is 4.81. The maximum Gasteiger partial charge on any atom is 0.163 e. The molecule has 1 heterocycles. The Morgan fingerprint density at radius 2 is 2.11 bits per heavy atom. The number of carbonyl (C=O) groups excluding carboxylic acids is 1. The van der Waals surface area contributed by atoms with Gasteiger partial charge in [-0.2, -0.15) is 0 Å². The summed E-state index contributed by atoms with van der Waals surface area (Å²) in [6.45, 7) is 2.66. The summed E-state index contributed by atoms with van der Waals surface area (Å²) in [5.74, 6) is 0.112. The van der Waals surface area contributed by atoms with Crippen molar-refractivity contribution >= 4 is 5.78 Å². The molecule has 18 heavy (non-hydrogen) atoms. The predicted octanol–water partition coefficient (Wildman–Crippen LogP) is 1.71. The summed E-state index contributed by atoms with van der Waals surface area (Å²) in [6.07, 6.45) is 1.50. The number of hydrogen-bond donors (Lipinski definition) is 1. The number of rotatable bonds is 5. The number of nitrogens with zero attached hydrogens (tertiary/aromatic N) is 1. The number of Topliss-reactive ketones (excluding diaryl/α,β-unsaturated/α-hetero) is 1. The Labute approximate surface area is 106 Å². The number of halogens is 1. The summed E-state index contributed by atoms with van der Waals surface area (Å²) in [5, 5.41) is 8.85. The number of β-amino-alcohol motifs (C(OH)–C–C–N with tert-alkyl or cyclic N) is 1. The smallest absolute Gasteiger partial charge is 0.163 e. The number of likely N-dealkylation sites (tertiary alicyclic amines) is 1. The van der Waals surface area contributed by atoms with Crippen molar-refractivity contribution in [1.82, 2.24) is 4.90 Å². The van der Waals surface area contributed by atoms with E-state index in [0.717, 1.165) is 19.5 Å². The molecule has 0 amide bonds. The van der Waals surface area contributed by atoms with E-state index in [2.05, 4.69) is 4.90 Å². The predicted molar refractivity (Wildman–Crippen MR) is 67.0 cm³/mol. The summed E-state index contributed by atoms with van der Waals surface area (Å²) in [7, 11) is 0. The molecule has 4 heteroatoms. The van der Waals surface area contributed by atoms with Crippen LogP contribution in [0.2, 0.25) is 0 Å². The topological polar surface area (TPSA) is 40.5 Å². The molecule has 0 spiro atoms. The third-order valence-corrected chi connectivity index (χ3v) is 3.43. The quantitative estimate of drug-likeness (QED) is 0.810. The van der Waals surface area contributed by atoms with Crippen LogP contribution in [0.1, 0.15) is 23.2 Å². The number of hydrogen-bond acceptors (Lipinski definition) is 3. The molecule has 2 rings (SSSR count). The van der Waals surface area contributed by atoms with Crippen LogP contribution < -0.4 is 0 Å². The standard InChI is InChI=1S/C14H18FNO2/c15-13-3-1-12(2-4-13)14(18)9-11-5-6-16(10-11)7-8-17/h1-4,11,17H,5-10H2. The molecule has 1 fully saturated rings. The molecular formula is C14H18FNO2. The maximum atomic E-state index is 12.7. The van der Waals surface area contributed by atoms with Crippen LogP contribution in [0.3, 0.4) is 0 Å². The molecule has 1 aromatic rings. The monoisotopic (exact) mass is 251 g/mol. The molecule has 0 aromatic heterocycles. The van der Waals surface area contributed by atoms with Gasteiger partial charge in [0.25, 0.3) is 0 Å². The van der Waals surface area contributed by atoms with Gasteiger partial charge < -0.3 is 10.0 Å². The van der Waals surface area contributed by atoms with E-state index in [-0.39, 0.29) is 18.2 Å². The normalized spacial score (nSPS) is 20.2. The summed E-state index contributed by atoms with van der Waals surface area (Å²) in [5.41, 5.74) is 0.581. The van der Waals surface area contributed by atoms with E-state index >= 15 is 0 Å². The number of aliphatic hydroxyl groups is 1. The zero-order valence-corrected chi connectivity index (χ0v) is 10.3. The van der Waals surface area contributed by atoms with Crippen LogP contribution in [-0.4, -0.2) is 42.0 Å². The average molecular weight is 251 g/mol. The lowest BCUT2D eigenvalue weighted by Gasteiger charge is -2.13. The van der Waals surface area contributed by atoms with Gasteiger partial charge in [-0.1, -0.05) is 0 Å². The van der Waals surface area contributed by atoms with Crippen molar-refractivity contribution in [3.63, 3.8) is 0 Å². The molecule has 1 atom stereocenters. The van der Waals surface area contributed by atoms with Crippen molar-refractivity contribution < 1.29 is 14.3 Å². The molecule has 1 aliphatic rings. The fraction of sp³-hybridized carbons (Fsp3) is 0.500. The minimum atomic E-state index is -0.318. The summed E-state index contributed by atoms with van der Waals surface area (Å²) < 4.78 is 12.7. The van der Waals surface area contributed by atoms with Crippen molar-refractivity contribution in [1.29, 1.82) is 0 Å². The van der Waals surface area contributed by atoms with Gasteiger partial charge in [0.1, 0.15) is 5.82 Å². The molecule has 0 radical (unpaired) electrons. The van der Waals surface area contributed by atoms with E-state index in [9.17, 15) is 9.18 Å². The van der Waals surface area contributed by atoms with Gasteiger partial charge in [-0.15, -0.1) is 0 Å². The summed E-state index contributed by atoms with van der Waals surface area (Å²) >= 11 is 0. The van der Waals surface area contributed by atoms with Gasteiger partial charge in [0.05, 0.1) is 6.61 Å². The molecule has 0 saturated carbocycles. The molecule has 98 valence electrons. The summed E-state index contributed by atoms with van der Waals surface area (Å²) in [6, 6.07) is 5.72. The van der Waals surface area contributed by atoms with E-state index in [1.807, 2.05) is 0 Å². The Morgan fingerprint density at radius 1 is 1.39 bits per heavy atom. The molecular weight excluding hydrogens is 233 g/mol. The first-order valence-electron chi connectivity index (χ1n) is 6.31. The van der Waals surface area contributed by atoms with Crippen molar-refractivity contribution in [2.24, 2.45) is 5.92 Å². The highest BCUT2D eigenvalue weighted by Gasteiger charge is 2.24. The molecule has 1 unspecified atom stereocenters. The zero-order valence-electron chi connectivity index (χ0n) is 10.3. The third kappa shape index (κ3) is 3.37. The van der Waals surface area contributed by atoms with Crippen molar-refractivity contribution in [2.45, 2.75) is 12.8 Å².